The number of nitrogens with one attached hydrogen (secondary N) is 1. The molecule has 1 aromatic rings. The molecule has 0 spiro atoms. The molecular weight excluding hydrogens is 356 g/mol. The average molecular weight is 393 g/mol. The maximum atomic E-state index is 5.51. The third-order valence-electron chi connectivity index (χ3n) is 5.08. The van der Waals surface area contributed by atoms with E-state index in [1.165, 1.54) is 0 Å². The maximum Gasteiger partial charge on any atom is 0.193 e. The number of rotatable bonds is 9. The third-order valence-corrected chi connectivity index (χ3v) is 5.08. The molecule has 1 aromatic carbocycles. The van der Waals surface area contributed by atoms with Gasteiger partial charge >= 0.3 is 0 Å². The highest BCUT2D eigenvalue weighted by atomic mass is 16.5. The van der Waals surface area contributed by atoms with Gasteiger partial charge in [0.2, 0.25) is 0 Å². The number of ether oxygens (including phenoxy) is 3. The van der Waals surface area contributed by atoms with E-state index < -0.39 is 0 Å². The van der Waals surface area contributed by atoms with Gasteiger partial charge < -0.3 is 29.3 Å². The van der Waals surface area contributed by atoms with Gasteiger partial charge in [-0.05, 0) is 45.1 Å². The van der Waals surface area contributed by atoms with Gasteiger partial charge in [-0.15, -0.1) is 0 Å². The fraction of sp³-hybridized carbons (Fsp3) is 0.667. The third kappa shape index (κ3) is 6.01. The van der Waals surface area contributed by atoms with E-state index >= 15 is 0 Å². The zero-order valence-corrected chi connectivity index (χ0v) is 18.2. The fourth-order valence-electron chi connectivity index (χ4n) is 3.47. The topological polar surface area (TPSA) is 58.6 Å². The molecular formula is C21H36N4O3. The molecule has 7 nitrogen and oxygen atoms in total. The van der Waals surface area contributed by atoms with Gasteiger partial charge in [-0.25, -0.2) is 0 Å². The minimum absolute atomic E-state index is 0.136. The van der Waals surface area contributed by atoms with E-state index in [0.717, 1.165) is 55.7 Å². The second kappa shape index (κ2) is 11.1. The lowest BCUT2D eigenvalue weighted by Gasteiger charge is -2.27. The molecule has 1 aliphatic rings. The Kier molecular flexibility index (Phi) is 8.86. The maximum absolute atomic E-state index is 5.51. The molecule has 0 bridgehead atoms. The summed E-state index contributed by atoms with van der Waals surface area (Å²) < 4.78 is 16.3. The summed E-state index contributed by atoms with van der Waals surface area (Å²) in [4.78, 5) is 9.32. The van der Waals surface area contributed by atoms with Crippen molar-refractivity contribution in [1.82, 2.24) is 15.1 Å². The molecule has 0 aromatic heterocycles. The Morgan fingerprint density at radius 3 is 2.57 bits per heavy atom. The molecule has 0 radical (unpaired) electrons. The predicted molar refractivity (Wildman–Crippen MR) is 114 cm³/mol. The first-order valence-corrected chi connectivity index (χ1v) is 9.95. The van der Waals surface area contributed by atoms with Crippen LogP contribution in [0.4, 0.5) is 0 Å². The summed E-state index contributed by atoms with van der Waals surface area (Å²) in [7, 11) is 9.56. The van der Waals surface area contributed by atoms with Crippen LogP contribution in [0.3, 0.4) is 0 Å². The zero-order chi connectivity index (χ0) is 20.5. The molecule has 0 amide bonds. The van der Waals surface area contributed by atoms with Crippen molar-refractivity contribution in [1.29, 1.82) is 0 Å². The van der Waals surface area contributed by atoms with Gasteiger partial charge in [-0.1, -0.05) is 6.07 Å². The largest absolute Gasteiger partial charge is 0.493 e. The molecule has 1 aliphatic heterocycles. The number of benzene rings is 1. The van der Waals surface area contributed by atoms with Gasteiger partial charge in [-0.2, -0.15) is 0 Å². The molecule has 158 valence electrons. The van der Waals surface area contributed by atoms with Crippen LogP contribution in [-0.4, -0.2) is 84.0 Å². The van der Waals surface area contributed by atoms with Crippen molar-refractivity contribution in [3.8, 4) is 11.5 Å². The lowest BCUT2D eigenvalue weighted by molar-refractivity contribution is 0.181. The molecule has 2 rings (SSSR count). The molecule has 7 heteroatoms. The minimum Gasteiger partial charge on any atom is -0.493 e. The van der Waals surface area contributed by atoms with E-state index in [0.29, 0.717) is 12.5 Å². The SMILES string of the molecule is CCNC(=NCC(c1ccc(OC)c(OC)c1)N(C)C)N(C)CC1CCOC1. The van der Waals surface area contributed by atoms with Crippen LogP contribution in [0.1, 0.15) is 24.9 Å². The highest BCUT2D eigenvalue weighted by Gasteiger charge is 2.20. The van der Waals surface area contributed by atoms with Crippen LogP contribution < -0.4 is 14.8 Å². The molecule has 28 heavy (non-hydrogen) atoms. The van der Waals surface area contributed by atoms with Gasteiger partial charge in [-0.3, -0.25) is 4.99 Å². The Bertz CT molecular complexity index is 630. The van der Waals surface area contributed by atoms with Gasteiger partial charge in [0.25, 0.3) is 0 Å². The summed E-state index contributed by atoms with van der Waals surface area (Å²) in [6.45, 7) is 6.25. The first kappa shape index (κ1) is 22.3. The summed E-state index contributed by atoms with van der Waals surface area (Å²) in [6, 6.07) is 6.20. The Morgan fingerprint density at radius 1 is 1.25 bits per heavy atom. The average Bonchev–Trinajstić information content (AvgIpc) is 3.19. The fourth-order valence-corrected chi connectivity index (χ4v) is 3.47. The zero-order valence-electron chi connectivity index (χ0n) is 18.2. The monoisotopic (exact) mass is 392 g/mol. The summed E-state index contributed by atoms with van der Waals surface area (Å²) >= 11 is 0. The van der Waals surface area contributed by atoms with E-state index in [4.69, 9.17) is 19.2 Å². The lowest BCUT2D eigenvalue weighted by Crippen LogP contribution is -2.42. The van der Waals surface area contributed by atoms with Gasteiger partial charge in [0.15, 0.2) is 17.5 Å². The van der Waals surface area contributed by atoms with Crippen molar-refractivity contribution in [2.24, 2.45) is 10.9 Å². The number of aliphatic imine (C=N–C) groups is 1. The van der Waals surface area contributed by atoms with Crippen molar-refractivity contribution in [3.05, 3.63) is 23.8 Å². The first-order chi connectivity index (χ1) is 13.5. The molecule has 1 N–H and O–H groups in total. The second-order valence-electron chi connectivity index (χ2n) is 7.40. The van der Waals surface area contributed by atoms with Crippen LogP contribution >= 0.6 is 0 Å². The Labute approximate surface area is 169 Å². The predicted octanol–water partition coefficient (Wildman–Crippen LogP) is 2.24. The number of hydrogen-bond donors (Lipinski definition) is 1. The molecule has 0 saturated carbocycles. The highest BCUT2D eigenvalue weighted by Crippen LogP contribution is 2.31. The molecule has 0 aliphatic carbocycles. The van der Waals surface area contributed by atoms with Gasteiger partial charge in [0, 0.05) is 32.7 Å². The van der Waals surface area contributed by atoms with Crippen LogP contribution in [-0.2, 0) is 4.74 Å². The summed E-state index contributed by atoms with van der Waals surface area (Å²) in [5, 5.41) is 3.41. The van der Waals surface area contributed by atoms with Crippen LogP contribution in [0.15, 0.2) is 23.2 Å². The first-order valence-electron chi connectivity index (χ1n) is 9.95. The number of nitrogens with zero attached hydrogens (tertiary/aromatic N) is 3. The van der Waals surface area contributed by atoms with Crippen LogP contribution in [0, 0.1) is 5.92 Å². The minimum atomic E-state index is 0.136. The summed E-state index contributed by atoms with van der Waals surface area (Å²) in [5.74, 6) is 2.98. The molecule has 1 heterocycles. The molecule has 2 unspecified atom stereocenters. The number of hydrogen-bond acceptors (Lipinski definition) is 5. The van der Waals surface area contributed by atoms with E-state index in [1.807, 2.05) is 12.1 Å². The second-order valence-corrected chi connectivity index (χ2v) is 7.40. The lowest BCUT2D eigenvalue weighted by atomic mass is 10.1. The quantitative estimate of drug-likeness (QED) is 0.514. The van der Waals surface area contributed by atoms with E-state index in [-0.39, 0.29) is 6.04 Å². The summed E-state index contributed by atoms with van der Waals surface area (Å²) in [6.07, 6.45) is 1.12. The van der Waals surface area contributed by atoms with E-state index in [1.54, 1.807) is 14.2 Å². The van der Waals surface area contributed by atoms with Crippen molar-refractivity contribution < 1.29 is 14.2 Å². The Hall–Kier alpha value is -1.99. The van der Waals surface area contributed by atoms with Gasteiger partial charge in [0.05, 0.1) is 33.4 Å². The number of likely N-dealkylation sites (N-methyl/N-ethyl adjacent to an activating group) is 1. The molecule has 1 saturated heterocycles. The Balaban J connectivity index is 2.15. The molecule has 2 atom stereocenters. The van der Waals surface area contributed by atoms with E-state index in [2.05, 4.69) is 49.2 Å². The Morgan fingerprint density at radius 2 is 2.00 bits per heavy atom. The van der Waals surface area contributed by atoms with Crippen LogP contribution in [0.5, 0.6) is 11.5 Å². The van der Waals surface area contributed by atoms with Gasteiger partial charge in [0.1, 0.15) is 0 Å². The summed E-state index contributed by atoms with van der Waals surface area (Å²) in [5.41, 5.74) is 1.15. The smallest absolute Gasteiger partial charge is 0.193 e. The number of methoxy groups -OCH3 is 2. The van der Waals surface area contributed by atoms with E-state index in [9.17, 15) is 0 Å². The standard InChI is InChI=1S/C21H36N4O3/c1-7-22-21(25(4)14-16-10-11-28-15-16)23-13-18(24(2)3)17-8-9-19(26-5)20(12-17)27-6/h8-9,12,16,18H,7,10-11,13-15H2,1-6H3,(H,22,23). The van der Waals surface area contributed by atoms with Crippen molar-refractivity contribution >= 4 is 5.96 Å². The van der Waals surface area contributed by atoms with Crippen molar-refractivity contribution in [2.75, 3.05) is 68.2 Å². The normalized spacial score (nSPS) is 18.2. The number of guanidine groups is 1. The molecule has 1 fully saturated rings. The van der Waals surface area contributed by atoms with Crippen molar-refractivity contribution in [3.63, 3.8) is 0 Å². The van der Waals surface area contributed by atoms with Crippen LogP contribution in [0.25, 0.3) is 0 Å². The van der Waals surface area contributed by atoms with Crippen LogP contribution in [0.2, 0.25) is 0 Å². The highest BCUT2D eigenvalue weighted by molar-refractivity contribution is 5.79. The van der Waals surface area contributed by atoms with Crippen molar-refractivity contribution in [2.45, 2.75) is 19.4 Å².